The Hall–Kier alpha value is -0.740. The van der Waals surface area contributed by atoms with Crippen LogP contribution in [0.5, 0.6) is 0 Å². The fourth-order valence-corrected chi connectivity index (χ4v) is 2.04. The van der Waals surface area contributed by atoms with E-state index in [1.807, 2.05) is 12.1 Å². The predicted octanol–water partition coefficient (Wildman–Crippen LogP) is 2.53. The summed E-state index contributed by atoms with van der Waals surface area (Å²) in [5.74, 6) is 0.826. The molecule has 1 aromatic rings. The first-order valence-electron chi connectivity index (χ1n) is 4.56. The highest BCUT2D eigenvalue weighted by Crippen LogP contribution is 2.18. The molecule has 0 aromatic carbocycles. The van der Waals surface area contributed by atoms with Gasteiger partial charge in [-0.3, -0.25) is 4.79 Å². The molecule has 0 radical (unpaired) electrons. The van der Waals surface area contributed by atoms with E-state index in [4.69, 9.17) is 16.3 Å². The molecule has 0 aliphatic rings. The second kappa shape index (κ2) is 6.69. The molecule has 0 unspecified atom stereocenters. The number of aromatic nitrogens is 1. The molecule has 0 saturated carbocycles. The number of nitrogens with zero attached hydrogens (tertiary/aromatic N) is 1. The summed E-state index contributed by atoms with van der Waals surface area (Å²) in [6.45, 7) is 2.22. The van der Waals surface area contributed by atoms with Crippen LogP contribution in [0.1, 0.15) is 12.5 Å². The van der Waals surface area contributed by atoms with Crippen LogP contribution in [0, 0.1) is 0 Å². The van der Waals surface area contributed by atoms with Crippen LogP contribution in [0.4, 0.5) is 0 Å². The van der Waals surface area contributed by atoms with E-state index in [9.17, 15) is 4.79 Å². The molecule has 0 spiro atoms. The molecule has 1 rings (SSSR count). The first kappa shape index (κ1) is 12.3. The Labute approximate surface area is 98.2 Å². The lowest BCUT2D eigenvalue weighted by molar-refractivity contribution is -0.139. The van der Waals surface area contributed by atoms with Gasteiger partial charge in [-0.25, -0.2) is 4.98 Å². The van der Waals surface area contributed by atoms with Gasteiger partial charge < -0.3 is 4.74 Å². The van der Waals surface area contributed by atoms with Crippen molar-refractivity contribution in [1.82, 2.24) is 4.98 Å². The number of hydrogen-bond acceptors (Lipinski definition) is 4. The third kappa shape index (κ3) is 4.53. The molecule has 0 atom stereocenters. The molecule has 5 heteroatoms. The van der Waals surface area contributed by atoms with E-state index in [2.05, 4.69) is 4.98 Å². The Bertz CT molecular complexity index is 333. The smallest absolute Gasteiger partial charge is 0.315 e. The maximum Gasteiger partial charge on any atom is 0.315 e. The normalized spacial score (nSPS) is 10.0. The predicted molar refractivity (Wildman–Crippen MR) is 62.0 cm³/mol. The molecular formula is C10H12ClNO2S. The highest BCUT2D eigenvalue weighted by atomic mass is 35.5. The molecule has 1 aromatic heterocycles. The van der Waals surface area contributed by atoms with Crippen LogP contribution in [0.3, 0.4) is 0 Å². The number of thioether (sulfide) groups is 1. The Morgan fingerprint density at radius 2 is 2.47 bits per heavy atom. The summed E-state index contributed by atoms with van der Waals surface area (Å²) in [6, 6.07) is 3.72. The highest BCUT2D eigenvalue weighted by Gasteiger charge is 2.04. The minimum absolute atomic E-state index is 0.192. The quantitative estimate of drug-likeness (QED) is 0.590. The lowest BCUT2D eigenvalue weighted by Gasteiger charge is -2.03. The molecular weight excluding hydrogens is 234 g/mol. The number of pyridine rings is 1. The molecule has 0 aliphatic carbocycles. The fourth-order valence-electron chi connectivity index (χ4n) is 0.974. The van der Waals surface area contributed by atoms with Gasteiger partial charge in [0.25, 0.3) is 0 Å². The number of rotatable bonds is 5. The monoisotopic (exact) mass is 245 g/mol. The van der Waals surface area contributed by atoms with Crippen molar-refractivity contribution in [2.24, 2.45) is 0 Å². The first-order chi connectivity index (χ1) is 7.24. The number of halogens is 1. The topological polar surface area (TPSA) is 39.2 Å². The molecule has 0 amide bonds. The summed E-state index contributed by atoms with van der Waals surface area (Å²) in [6.07, 6.45) is 1.64. The Morgan fingerprint density at radius 3 is 3.13 bits per heavy atom. The van der Waals surface area contributed by atoms with E-state index in [1.165, 1.54) is 11.8 Å². The van der Waals surface area contributed by atoms with Crippen LogP contribution >= 0.6 is 23.4 Å². The summed E-state index contributed by atoms with van der Waals surface area (Å²) in [4.78, 5) is 15.0. The fraction of sp³-hybridized carbons (Fsp3) is 0.400. The molecule has 1 heterocycles. The SMILES string of the molecule is CCOC(=O)CSCc1cccnc1Cl. The van der Waals surface area contributed by atoms with Gasteiger partial charge in [0.05, 0.1) is 12.4 Å². The zero-order chi connectivity index (χ0) is 11.1. The zero-order valence-electron chi connectivity index (χ0n) is 8.40. The van der Waals surface area contributed by atoms with Crippen LogP contribution in [-0.2, 0) is 15.3 Å². The minimum Gasteiger partial charge on any atom is -0.465 e. The standard InChI is InChI=1S/C10H12ClNO2S/c1-2-14-9(13)7-15-6-8-4-3-5-12-10(8)11/h3-5H,2,6-7H2,1H3. The molecule has 0 saturated heterocycles. The molecule has 0 N–H and O–H groups in total. The van der Waals surface area contributed by atoms with Gasteiger partial charge in [-0.15, -0.1) is 11.8 Å². The van der Waals surface area contributed by atoms with Crippen molar-refractivity contribution in [2.75, 3.05) is 12.4 Å². The van der Waals surface area contributed by atoms with Gasteiger partial charge in [-0.2, -0.15) is 0 Å². The minimum atomic E-state index is -0.192. The lowest BCUT2D eigenvalue weighted by Crippen LogP contribution is -2.06. The van der Waals surface area contributed by atoms with E-state index in [0.29, 0.717) is 23.3 Å². The van der Waals surface area contributed by atoms with Crippen molar-refractivity contribution in [3.63, 3.8) is 0 Å². The van der Waals surface area contributed by atoms with Crippen molar-refractivity contribution in [3.8, 4) is 0 Å². The summed E-state index contributed by atoms with van der Waals surface area (Å²) in [5.41, 5.74) is 0.938. The van der Waals surface area contributed by atoms with Crippen LogP contribution in [0.25, 0.3) is 0 Å². The van der Waals surface area contributed by atoms with Crippen molar-refractivity contribution in [2.45, 2.75) is 12.7 Å². The van der Waals surface area contributed by atoms with Gasteiger partial charge in [-0.05, 0) is 18.6 Å². The summed E-state index contributed by atoms with van der Waals surface area (Å²) in [5, 5.41) is 0.494. The second-order valence-corrected chi connectivity index (χ2v) is 4.09. The number of ether oxygens (including phenoxy) is 1. The number of hydrogen-bond donors (Lipinski definition) is 0. The number of esters is 1. The largest absolute Gasteiger partial charge is 0.465 e. The number of carbonyl (C=O) groups excluding carboxylic acids is 1. The molecule has 15 heavy (non-hydrogen) atoms. The van der Waals surface area contributed by atoms with Crippen LogP contribution in [0.15, 0.2) is 18.3 Å². The number of carbonyl (C=O) groups is 1. The van der Waals surface area contributed by atoms with E-state index >= 15 is 0 Å². The van der Waals surface area contributed by atoms with Gasteiger partial charge in [0.15, 0.2) is 0 Å². The van der Waals surface area contributed by atoms with Gasteiger partial charge in [0.1, 0.15) is 5.15 Å². The molecule has 0 fully saturated rings. The maximum atomic E-state index is 11.0. The molecule has 0 bridgehead atoms. The molecule has 82 valence electrons. The highest BCUT2D eigenvalue weighted by molar-refractivity contribution is 7.99. The third-order valence-corrected chi connectivity index (χ3v) is 2.91. The third-order valence-electron chi connectivity index (χ3n) is 1.62. The molecule has 3 nitrogen and oxygen atoms in total. The van der Waals surface area contributed by atoms with E-state index < -0.39 is 0 Å². The van der Waals surface area contributed by atoms with Crippen LogP contribution in [-0.4, -0.2) is 23.3 Å². The van der Waals surface area contributed by atoms with Gasteiger partial charge >= 0.3 is 5.97 Å². The van der Waals surface area contributed by atoms with Crippen molar-refractivity contribution in [1.29, 1.82) is 0 Å². The first-order valence-corrected chi connectivity index (χ1v) is 6.10. The Morgan fingerprint density at radius 1 is 1.67 bits per heavy atom. The summed E-state index contributed by atoms with van der Waals surface area (Å²) < 4.78 is 4.80. The van der Waals surface area contributed by atoms with Gasteiger partial charge in [-0.1, -0.05) is 17.7 Å². The van der Waals surface area contributed by atoms with E-state index in [1.54, 1.807) is 13.1 Å². The summed E-state index contributed by atoms with van der Waals surface area (Å²) >= 11 is 7.33. The molecule has 0 aliphatic heterocycles. The second-order valence-electron chi connectivity index (χ2n) is 2.75. The van der Waals surface area contributed by atoms with E-state index in [0.717, 1.165) is 5.56 Å². The zero-order valence-corrected chi connectivity index (χ0v) is 9.98. The lowest BCUT2D eigenvalue weighted by atomic mass is 10.3. The maximum absolute atomic E-state index is 11.0. The average molecular weight is 246 g/mol. The summed E-state index contributed by atoms with van der Waals surface area (Å²) in [7, 11) is 0. The van der Waals surface area contributed by atoms with E-state index in [-0.39, 0.29) is 5.97 Å². The van der Waals surface area contributed by atoms with Gasteiger partial charge in [0, 0.05) is 11.9 Å². The van der Waals surface area contributed by atoms with Gasteiger partial charge in [0.2, 0.25) is 0 Å². The van der Waals surface area contributed by atoms with Crippen molar-refractivity contribution >= 4 is 29.3 Å². The van der Waals surface area contributed by atoms with Crippen molar-refractivity contribution in [3.05, 3.63) is 29.0 Å². The Kier molecular flexibility index (Phi) is 5.50. The van der Waals surface area contributed by atoms with Crippen LogP contribution < -0.4 is 0 Å². The van der Waals surface area contributed by atoms with Crippen molar-refractivity contribution < 1.29 is 9.53 Å². The van der Waals surface area contributed by atoms with Crippen LogP contribution in [0.2, 0.25) is 5.15 Å². The average Bonchev–Trinajstić information content (AvgIpc) is 2.21. The Balaban J connectivity index is 2.32.